The van der Waals surface area contributed by atoms with Crippen LogP contribution in [0.15, 0.2) is 97.1 Å². The maximum atomic E-state index is 11.5. The van der Waals surface area contributed by atoms with Crippen LogP contribution in [0, 0.1) is 0 Å². The highest BCUT2D eigenvalue weighted by Crippen LogP contribution is 2.33. The van der Waals surface area contributed by atoms with E-state index in [2.05, 4.69) is 0 Å². The summed E-state index contributed by atoms with van der Waals surface area (Å²) in [6, 6.07) is 29.6. The summed E-state index contributed by atoms with van der Waals surface area (Å²) >= 11 is 0. The fourth-order valence-electron chi connectivity index (χ4n) is 4.15. The molecule has 0 aliphatic carbocycles. The third-order valence-electron chi connectivity index (χ3n) is 5.85. The molecule has 0 unspecified atom stereocenters. The minimum absolute atomic E-state index is 0.191. The van der Waals surface area contributed by atoms with Gasteiger partial charge in [-0.05, 0) is 46.0 Å². The number of carboxylic acid groups (broad SMARTS) is 2. The van der Waals surface area contributed by atoms with Crippen LogP contribution in [0.5, 0.6) is 11.5 Å². The molecule has 0 bridgehead atoms. The van der Waals surface area contributed by atoms with Crippen LogP contribution >= 0.6 is 0 Å². The van der Waals surface area contributed by atoms with E-state index < -0.39 is 11.9 Å². The highest BCUT2D eigenvalue weighted by Gasteiger charge is 2.15. The molecule has 0 spiro atoms. The third kappa shape index (κ3) is 4.83. The lowest BCUT2D eigenvalue weighted by Gasteiger charge is -2.11. The number of methoxy groups -OCH3 is 2. The Morgan fingerprint density at radius 2 is 1.11 bits per heavy atom. The highest BCUT2D eigenvalue weighted by atomic mass is 16.5. The average molecular weight is 481 g/mol. The fraction of sp³-hybridized carbons (Fsp3) is 0.0667. The zero-order valence-corrected chi connectivity index (χ0v) is 19.8. The quantitative estimate of drug-likeness (QED) is 0.289. The molecule has 5 rings (SSSR count). The van der Waals surface area contributed by atoms with Crippen molar-refractivity contribution in [1.29, 1.82) is 0 Å². The summed E-state index contributed by atoms with van der Waals surface area (Å²) in [5.74, 6) is -0.736. The number of carbonyl (C=O) groups is 2. The zero-order chi connectivity index (χ0) is 25.7. The highest BCUT2D eigenvalue weighted by molar-refractivity contribution is 6.07. The fourth-order valence-corrected chi connectivity index (χ4v) is 4.15. The SMILES string of the molecule is COc1c(C(=O)O)ccc2ccccc12.COc1ccc(-c2c(C(=O)O)ccc3ccccc23)cc1. The first-order valence-electron chi connectivity index (χ1n) is 11.1. The first-order chi connectivity index (χ1) is 17.4. The molecule has 5 aromatic carbocycles. The van der Waals surface area contributed by atoms with Crippen molar-refractivity contribution in [1.82, 2.24) is 0 Å². The topological polar surface area (TPSA) is 93.1 Å². The smallest absolute Gasteiger partial charge is 0.339 e. The van der Waals surface area contributed by atoms with E-state index in [-0.39, 0.29) is 5.56 Å². The monoisotopic (exact) mass is 480 g/mol. The molecule has 2 N–H and O–H groups in total. The molecule has 6 nitrogen and oxygen atoms in total. The van der Waals surface area contributed by atoms with Crippen LogP contribution in [-0.2, 0) is 0 Å². The van der Waals surface area contributed by atoms with Crippen molar-refractivity contribution >= 4 is 33.5 Å². The van der Waals surface area contributed by atoms with E-state index in [4.69, 9.17) is 14.6 Å². The van der Waals surface area contributed by atoms with Gasteiger partial charge in [0.15, 0.2) is 0 Å². The van der Waals surface area contributed by atoms with Gasteiger partial charge in [0.2, 0.25) is 0 Å². The number of rotatable bonds is 5. The minimum atomic E-state index is -0.974. The Balaban J connectivity index is 0.000000179. The number of carboxylic acids is 2. The molecule has 0 aromatic heterocycles. The van der Waals surface area contributed by atoms with E-state index in [0.29, 0.717) is 11.3 Å². The summed E-state index contributed by atoms with van der Waals surface area (Å²) in [4.78, 5) is 22.5. The number of hydrogen-bond acceptors (Lipinski definition) is 4. The summed E-state index contributed by atoms with van der Waals surface area (Å²) in [6.45, 7) is 0. The van der Waals surface area contributed by atoms with Crippen LogP contribution < -0.4 is 9.47 Å². The lowest BCUT2D eigenvalue weighted by molar-refractivity contribution is 0.0684. The number of benzene rings is 5. The Kier molecular flexibility index (Phi) is 7.16. The summed E-state index contributed by atoms with van der Waals surface area (Å²) in [7, 11) is 3.09. The Morgan fingerprint density at radius 3 is 1.67 bits per heavy atom. The van der Waals surface area contributed by atoms with Gasteiger partial charge in [-0.2, -0.15) is 0 Å². The molecular formula is C30H24O6. The van der Waals surface area contributed by atoms with Crippen LogP contribution in [0.25, 0.3) is 32.7 Å². The summed E-state index contributed by atoms with van der Waals surface area (Å²) < 4.78 is 10.3. The van der Waals surface area contributed by atoms with Gasteiger partial charge in [-0.3, -0.25) is 0 Å². The largest absolute Gasteiger partial charge is 0.497 e. The molecule has 5 aromatic rings. The van der Waals surface area contributed by atoms with E-state index >= 15 is 0 Å². The second-order valence-electron chi connectivity index (χ2n) is 7.92. The number of aromatic carboxylic acids is 2. The average Bonchev–Trinajstić information content (AvgIpc) is 2.92. The van der Waals surface area contributed by atoms with Gasteiger partial charge < -0.3 is 19.7 Å². The molecule has 0 fully saturated rings. The van der Waals surface area contributed by atoms with E-state index in [1.54, 1.807) is 25.3 Å². The molecule has 0 heterocycles. The summed E-state index contributed by atoms with van der Waals surface area (Å²) in [5.41, 5.74) is 2.10. The Hall–Kier alpha value is -4.84. The van der Waals surface area contributed by atoms with Crippen molar-refractivity contribution in [3.8, 4) is 22.6 Å². The maximum absolute atomic E-state index is 11.5. The summed E-state index contributed by atoms with van der Waals surface area (Å²) in [6.07, 6.45) is 0. The first kappa shape index (κ1) is 24.3. The van der Waals surface area contributed by atoms with Crippen molar-refractivity contribution in [3.05, 3.63) is 108 Å². The molecule has 36 heavy (non-hydrogen) atoms. The van der Waals surface area contributed by atoms with Gasteiger partial charge in [0.25, 0.3) is 0 Å². The number of fused-ring (bicyclic) bond motifs is 2. The normalized spacial score (nSPS) is 10.4. The van der Waals surface area contributed by atoms with Gasteiger partial charge in [-0.1, -0.05) is 72.8 Å². The van der Waals surface area contributed by atoms with Gasteiger partial charge in [0.05, 0.1) is 19.8 Å². The Morgan fingerprint density at radius 1 is 0.583 bits per heavy atom. The van der Waals surface area contributed by atoms with Crippen molar-refractivity contribution < 1.29 is 29.3 Å². The van der Waals surface area contributed by atoms with Crippen molar-refractivity contribution in [2.24, 2.45) is 0 Å². The minimum Gasteiger partial charge on any atom is -0.497 e. The molecule has 0 radical (unpaired) electrons. The van der Waals surface area contributed by atoms with Crippen molar-refractivity contribution in [3.63, 3.8) is 0 Å². The first-order valence-corrected chi connectivity index (χ1v) is 11.1. The Bertz CT molecular complexity index is 1550. The van der Waals surface area contributed by atoms with E-state index in [1.807, 2.05) is 78.9 Å². The van der Waals surface area contributed by atoms with Crippen molar-refractivity contribution in [2.45, 2.75) is 0 Å². The van der Waals surface area contributed by atoms with Crippen LogP contribution in [0.2, 0.25) is 0 Å². The predicted molar refractivity (Wildman–Crippen MR) is 140 cm³/mol. The van der Waals surface area contributed by atoms with Gasteiger partial charge in [0, 0.05) is 10.9 Å². The van der Waals surface area contributed by atoms with Gasteiger partial charge in [0.1, 0.15) is 17.1 Å². The van der Waals surface area contributed by atoms with E-state index in [9.17, 15) is 14.7 Å². The lowest BCUT2D eigenvalue weighted by Crippen LogP contribution is -2.00. The Labute approximate surface area is 208 Å². The molecule has 0 saturated carbocycles. The third-order valence-corrected chi connectivity index (χ3v) is 5.85. The molecule has 0 aliphatic heterocycles. The second-order valence-corrected chi connectivity index (χ2v) is 7.92. The molecule has 0 atom stereocenters. The lowest BCUT2D eigenvalue weighted by atomic mass is 9.93. The number of hydrogen-bond donors (Lipinski definition) is 2. The van der Waals surface area contributed by atoms with Crippen LogP contribution in [0.3, 0.4) is 0 Å². The van der Waals surface area contributed by atoms with Crippen LogP contribution in [-0.4, -0.2) is 36.4 Å². The molecule has 0 amide bonds. The van der Waals surface area contributed by atoms with Gasteiger partial charge in [-0.25, -0.2) is 9.59 Å². The van der Waals surface area contributed by atoms with Gasteiger partial charge >= 0.3 is 11.9 Å². The van der Waals surface area contributed by atoms with E-state index in [0.717, 1.165) is 38.4 Å². The molecule has 180 valence electrons. The molecular weight excluding hydrogens is 456 g/mol. The van der Waals surface area contributed by atoms with Gasteiger partial charge in [-0.15, -0.1) is 0 Å². The zero-order valence-electron chi connectivity index (χ0n) is 19.8. The van der Waals surface area contributed by atoms with E-state index in [1.165, 1.54) is 7.11 Å². The standard InChI is InChI=1S/C18H14O3.C12H10O3/c1-21-14-9-6-13(7-10-14)17-15-5-3-2-4-12(15)8-11-16(17)18(19)20;1-15-11-9-5-3-2-4-8(9)6-7-10(11)12(13)14/h2-11H,1H3,(H,19,20);2-7H,1H3,(H,13,14). The molecule has 0 saturated heterocycles. The number of ether oxygens (including phenoxy) is 2. The predicted octanol–water partition coefficient (Wildman–Crippen LogP) is 6.76. The maximum Gasteiger partial charge on any atom is 0.339 e. The molecule has 6 heteroatoms. The van der Waals surface area contributed by atoms with Crippen LogP contribution in [0.4, 0.5) is 0 Å². The molecule has 0 aliphatic rings. The van der Waals surface area contributed by atoms with Crippen molar-refractivity contribution in [2.75, 3.05) is 14.2 Å². The summed E-state index contributed by atoms with van der Waals surface area (Å²) in [5, 5.41) is 22.2. The van der Waals surface area contributed by atoms with Crippen LogP contribution in [0.1, 0.15) is 20.7 Å². The second kappa shape index (κ2) is 10.6.